The van der Waals surface area contributed by atoms with E-state index in [0.29, 0.717) is 26.4 Å². The Labute approximate surface area is 730 Å². The SMILES string of the molecule is CCCCC/C=C\C/C=C\CCCCCCCCON.CCCCC/C=C\C/C=C\CCCCCCCCONC(=O)NC.CCCCC/C=C\C/C=C\CCCCCCCCONC(=O)Oc1ccc([N+](=O)[O-])cc1.CCCCC/C=C\C/C=C\CCCCCCCCONC(=O)Oc1ccc([N+](=O)[O-])cc1.O=C(Cl)Oc1ccc([N+](=O)[O-])cc1. The molecule has 0 saturated heterocycles. The Morgan fingerprint density at radius 3 is 0.752 bits per heavy atom. The summed E-state index contributed by atoms with van der Waals surface area (Å²) >= 11 is 4.92. The van der Waals surface area contributed by atoms with E-state index in [1.54, 1.807) is 7.05 Å². The summed E-state index contributed by atoms with van der Waals surface area (Å²) in [4.78, 5) is 93.9. The summed E-state index contributed by atoms with van der Waals surface area (Å²) in [5.74, 6) is 5.58. The van der Waals surface area contributed by atoms with Crippen LogP contribution in [0.1, 0.15) is 336 Å². The van der Waals surface area contributed by atoms with Crippen molar-refractivity contribution in [2.45, 2.75) is 336 Å². The fourth-order valence-corrected chi connectivity index (χ4v) is 11.4. The number of nitro groups is 3. The first-order valence-corrected chi connectivity index (χ1v) is 45.4. The minimum Gasteiger partial charge on any atom is -0.414 e. The van der Waals surface area contributed by atoms with Crippen molar-refractivity contribution in [1.29, 1.82) is 0 Å². The van der Waals surface area contributed by atoms with Gasteiger partial charge in [0.05, 0.1) is 41.2 Å². The van der Waals surface area contributed by atoms with Crippen LogP contribution >= 0.6 is 11.6 Å². The maximum atomic E-state index is 11.6. The molecule has 0 aliphatic heterocycles. The average molecular weight is 1710 g/mol. The van der Waals surface area contributed by atoms with Gasteiger partial charge < -0.3 is 24.4 Å². The number of nitro benzene ring substituents is 3. The lowest BCUT2D eigenvalue weighted by Gasteiger charge is -2.07. The highest BCUT2D eigenvalue weighted by molar-refractivity contribution is 6.61. The first-order valence-electron chi connectivity index (χ1n) is 45.0. The van der Waals surface area contributed by atoms with Gasteiger partial charge in [-0.15, -0.1) is 0 Å². The minimum absolute atomic E-state index is 0.0635. The Morgan fingerprint density at radius 1 is 0.314 bits per heavy atom. The molecule has 3 aromatic rings. The number of amides is 4. The van der Waals surface area contributed by atoms with Crippen LogP contribution in [0.15, 0.2) is 170 Å². The molecule has 26 heteroatoms. The predicted molar refractivity (Wildman–Crippen MR) is 493 cm³/mol. The number of non-ortho nitro benzene ring substituents is 3. The van der Waals surface area contributed by atoms with Crippen molar-refractivity contribution >= 4 is 52.3 Å². The second-order valence-corrected chi connectivity index (χ2v) is 29.3. The van der Waals surface area contributed by atoms with E-state index in [9.17, 15) is 49.5 Å². The molecule has 0 saturated carbocycles. The molecule has 0 aliphatic rings. The number of halogens is 1. The largest absolute Gasteiger partial charge is 0.436 e. The molecule has 0 atom stereocenters. The number of rotatable bonds is 69. The summed E-state index contributed by atoms with van der Waals surface area (Å²) in [6, 6.07) is 15.2. The van der Waals surface area contributed by atoms with Crippen molar-refractivity contribution in [2.75, 3.05) is 33.5 Å². The third kappa shape index (κ3) is 85.9. The summed E-state index contributed by atoms with van der Waals surface area (Å²) in [6.07, 6.45) is 93.2. The van der Waals surface area contributed by atoms with Crippen molar-refractivity contribution in [1.82, 2.24) is 21.8 Å². The Morgan fingerprint density at radius 2 is 0.529 bits per heavy atom. The van der Waals surface area contributed by atoms with Crippen LogP contribution in [0.3, 0.4) is 0 Å². The number of hydrogen-bond acceptors (Lipinski definition) is 18. The van der Waals surface area contributed by atoms with E-state index in [2.05, 4.69) is 156 Å². The monoisotopic (exact) mass is 1710 g/mol. The van der Waals surface area contributed by atoms with Crippen LogP contribution in [0.5, 0.6) is 17.2 Å². The number of hydroxylamine groups is 3. The molecule has 0 fully saturated rings. The molecule has 682 valence electrons. The highest BCUT2D eigenvalue weighted by atomic mass is 35.5. The Kier molecular flexibility index (Phi) is 86.7. The summed E-state index contributed by atoms with van der Waals surface area (Å²) in [5.41, 5.74) is 5.57. The molecule has 121 heavy (non-hydrogen) atoms. The molecule has 3 aromatic carbocycles. The highest BCUT2D eigenvalue weighted by Crippen LogP contribution is 2.21. The second-order valence-electron chi connectivity index (χ2n) is 29.0. The lowest BCUT2D eigenvalue weighted by Crippen LogP contribution is -2.32. The Bertz CT molecular complexity index is 3080. The van der Waals surface area contributed by atoms with Gasteiger partial charge in [0.25, 0.3) is 17.1 Å². The molecule has 0 radical (unpaired) electrons. The van der Waals surface area contributed by atoms with Gasteiger partial charge in [-0.05, 0) is 190 Å². The van der Waals surface area contributed by atoms with Crippen molar-refractivity contribution in [3.63, 3.8) is 0 Å². The zero-order valence-electron chi connectivity index (χ0n) is 74.2. The van der Waals surface area contributed by atoms with E-state index >= 15 is 0 Å². The number of allylic oxidation sites excluding steroid dienone is 16. The predicted octanol–water partition coefficient (Wildman–Crippen LogP) is 28.5. The van der Waals surface area contributed by atoms with Crippen LogP contribution in [0.4, 0.5) is 36.2 Å². The van der Waals surface area contributed by atoms with Gasteiger partial charge in [-0.25, -0.2) is 30.6 Å². The molecular weight excluding hydrogens is 1560 g/mol. The topological polar surface area (TPSA) is 336 Å². The number of benzene rings is 3. The zero-order chi connectivity index (χ0) is 88.9. The maximum absolute atomic E-state index is 11.6. The first-order chi connectivity index (χ1) is 59.1. The van der Waals surface area contributed by atoms with Crippen LogP contribution in [0, 0.1) is 30.3 Å². The number of carbonyl (C=O) groups excluding carboxylic acids is 4. The molecule has 6 N–H and O–H groups in total. The van der Waals surface area contributed by atoms with Crippen molar-refractivity contribution < 1.29 is 67.5 Å². The van der Waals surface area contributed by atoms with Gasteiger partial charge in [0.1, 0.15) is 17.2 Å². The number of urea groups is 1. The molecular formula is C95H153ClN8O17. The van der Waals surface area contributed by atoms with Gasteiger partial charge in [0.2, 0.25) is 0 Å². The number of nitrogens with one attached hydrogen (secondary N) is 4. The third-order valence-electron chi connectivity index (χ3n) is 18.3. The quantitative estimate of drug-likeness (QED) is 0.0115. The number of ether oxygens (including phenoxy) is 3. The zero-order valence-corrected chi connectivity index (χ0v) is 74.9. The number of nitrogens with zero attached hydrogens (tertiary/aromatic N) is 3. The molecule has 0 heterocycles. The minimum atomic E-state index is -0.978. The molecule has 0 aliphatic carbocycles. The van der Waals surface area contributed by atoms with E-state index in [1.165, 1.54) is 285 Å². The van der Waals surface area contributed by atoms with Crippen LogP contribution in [0.25, 0.3) is 0 Å². The van der Waals surface area contributed by atoms with Gasteiger partial charge >= 0.3 is 23.6 Å². The third-order valence-corrected chi connectivity index (χ3v) is 18.3. The normalized spacial score (nSPS) is 11.2. The fraction of sp³-hybridized carbons (Fsp3) is 0.600. The molecule has 3 rings (SSSR count). The van der Waals surface area contributed by atoms with E-state index in [1.807, 2.05) is 0 Å². The van der Waals surface area contributed by atoms with E-state index < -0.39 is 32.4 Å². The summed E-state index contributed by atoms with van der Waals surface area (Å²) in [5, 5.41) is 33.8. The fourth-order valence-electron chi connectivity index (χ4n) is 11.3. The van der Waals surface area contributed by atoms with Gasteiger partial charge in [0, 0.05) is 55.0 Å². The molecule has 0 bridgehead atoms. The average Bonchev–Trinajstić information content (AvgIpc) is 0.910. The summed E-state index contributed by atoms with van der Waals surface area (Å²) in [6.45, 7) is 11.1. The van der Waals surface area contributed by atoms with Crippen LogP contribution < -0.4 is 41.9 Å². The Hall–Kier alpha value is -8.85. The van der Waals surface area contributed by atoms with Crippen molar-refractivity contribution in [3.05, 3.63) is 200 Å². The van der Waals surface area contributed by atoms with Crippen molar-refractivity contribution in [3.8, 4) is 17.2 Å². The maximum Gasteiger partial charge on any atom is 0.436 e. The number of hydrogen-bond donors (Lipinski definition) is 5. The summed E-state index contributed by atoms with van der Waals surface area (Å²) in [7, 11) is 1.57. The number of unbranched alkanes of at least 4 members (excludes halogenated alkanes) is 36. The van der Waals surface area contributed by atoms with Gasteiger partial charge in [-0.2, -0.15) is 11.0 Å². The number of carbonyl (C=O) groups is 4. The molecule has 4 amide bonds. The molecule has 0 aromatic heterocycles. The van der Waals surface area contributed by atoms with Gasteiger partial charge in [-0.1, -0.05) is 279 Å². The van der Waals surface area contributed by atoms with Crippen LogP contribution in [0.2, 0.25) is 0 Å². The molecule has 0 spiro atoms. The highest BCUT2D eigenvalue weighted by Gasteiger charge is 2.11. The standard InChI is InChI=1S/2C25H38N2O5.C20H38N2O2.C18H35NO.C7H4ClNO4/c2*1-2-3-4-5-6-7-8-9-10-11-12-13-14-15-16-17-22-31-26-25(28)32-24-20-18-23(19-21-24)27(29)30;1-3-4-5-6-7-8-9-10-11-12-13-14-15-16-17-18-19-24-22-20(23)21-2;1-2-3-4-5-6-7-8-9-10-11-12-13-14-15-16-17-18-20-19;8-7(10)13-6-3-1-5(2-4-6)9(11)12/h2*6-7,9-10,18-21H,2-5,8,11-17,22H2,1H3,(H,26,28);7-8,10-11H,3-6,9,12-19H2,1-2H3,(H2,21,22,23);6-7,9-10H,2-5,8,11-19H2,1H3;1-4H/b2*7-6-,10-9-;8-7-,11-10-;7-6-,10-9-;. The smallest absolute Gasteiger partial charge is 0.414 e. The molecule has 0 unspecified atom stereocenters. The lowest BCUT2D eigenvalue weighted by molar-refractivity contribution is -0.385. The van der Waals surface area contributed by atoms with Crippen LogP contribution in [-0.4, -0.2) is 71.9 Å². The van der Waals surface area contributed by atoms with Crippen LogP contribution in [-0.2, 0) is 19.4 Å². The summed E-state index contributed by atoms with van der Waals surface area (Å²) < 4.78 is 14.4. The second kappa shape index (κ2) is 91.9. The van der Waals surface area contributed by atoms with Gasteiger partial charge in [0.15, 0.2) is 0 Å². The molecule has 25 nitrogen and oxygen atoms in total. The van der Waals surface area contributed by atoms with E-state index in [0.717, 1.165) is 96.3 Å². The first kappa shape index (κ1) is 114. The van der Waals surface area contributed by atoms with E-state index in [4.69, 9.17) is 41.5 Å². The van der Waals surface area contributed by atoms with E-state index in [-0.39, 0.29) is 40.3 Å². The lowest BCUT2D eigenvalue weighted by atomic mass is 10.1. The van der Waals surface area contributed by atoms with Gasteiger partial charge in [-0.3, -0.25) is 44.9 Å². The van der Waals surface area contributed by atoms with Crippen molar-refractivity contribution in [2.24, 2.45) is 5.90 Å². The number of nitrogens with two attached hydrogens (primary N) is 1. The Balaban J connectivity index is 0.